The zero-order valence-corrected chi connectivity index (χ0v) is 16.7. The Hall–Kier alpha value is -3.34. The number of nitro groups is 1. The van der Waals surface area contributed by atoms with Crippen LogP contribution in [0.5, 0.6) is 5.75 Å². The predicted molar refractivity (Wildman–Crippen MR) is 107 cm³/mol. The molecule has 0 aliphatic carbocycles. The Bertz CT molecular complexity index is 927. The number of nitrogens with one attached hydrogen (secondary N) is 2. The molecule has 29 heavy (non-hydrogen) atoms. The summed E-state index contributed by atoms with van der Waals surface area (Å²) < 4.78 is 5.29. The van der Waals surface area contributed by atoms with Crippen LogP contribution in [0, 0.1) is 10.1 Å². The van der Waals surface area contributed by atoms with E-state index in [4.69, 9.17) is 4.74 Å². The van der Waals surface area contributed by atoms with Gasteiger partial charge in [0.15, 0.2) is 5.13 Å². The Kier molecular flexibility index (Phi) is 7.78. The van der Waals surface area contributed by atoms with Gasteiger partial charge in [-0.3, -0.25) is 29.8 Å². The van der Waals surface area contributed by atoms with Gasteiger partial charge in [0.1, 0.15) is 11.9 Å². The lowest BCUT2D eigenvalue weighted by Gasteiger charge is -2.12. The van der Waals surface area contributed by atoms with E-state index in [-0.39, 0.29) is 33.8 Å². The molecule has 154 valence electrons. The highest BCUT2D eigenvalue weighted by Gasteiger charge is 2.19. The Morgan fingerprint density at radius 3 is 2.52 bits per heavy atom. The van der Waals surface area contributed by atoms with Crippen molar-refractivity contribution in [2.75, 3.05) is 10.6 Å². The van der Waals surface area contributed by atoms with Crippen LogP contribution < -0.4 is 15.4 Å². The second kappa shape index (κ2) is 10.3. The van der Waals surface area contributed by atoms with Crippen LogP contribution in [0.1, 0.15) is 49.9 Å². The number of hydrogen-bond acceptors (Lipinski definition) is 8. The Labute approximate surface area is 170 Å². The SMILES string of the molecule is CCCC(=O)Nc1ccc(C(=O)Nc2ncc([N+](=O)[O-])s2)c(OC(=O)CCC)c1. The highest BCUT2D eigenvalue weighted by molar-refractivity contribution is 7.18. The van der Waals surface area contributed by atoms with E-state index in [0.29, 0.717) is 36.3 Å². The number of esters is 1. The van der Waals surface area contributed by atoms with Crippen molar-refractivity contribution >= 4 is 44.9 Å². The Balaban J connectivity index is 2.26. The van der Waals surface area contributed by atoms with Crippen LogP contribution in [0.3, 0.4) is 0 Å². The topological polar surface area (TPSA) is 141 Å². The van der Waals surface area contributed by atoms with Crippen molar-refractivity contribution in [3.8, 4) is 5.75 Å². The minimum atomic E-state index is -0.653. The second-order valence-corrected chi connectivity index (χ2v) is 6.96. The second-order valence-electron chi connectivity index (χ2n) is 5.95. The first kappa shape index (κ1) is 22.0. The minimum absolute atomic E-state index is 0.0266. The summed E-state index contributed by atoms with van der Waals surface area (Å²) in [6.07, 6.45) is 2.76. The molecule has 0 saturated carbocycles. The molecule has 1 heterocycles. The van der Waals surface area contributed by atoms with Crippen molar-refractivity contribution in [1.29, 1.82) is 0 Å². The van der Waals surface area contributed by atoms with Crippen molar-refractivity contribution in [2.45, 2.75) is 39.5 Å². The van der Waals surface area contributed by atoms with Crippen LogP contribution in [-0.4, -0.2) is 27.7 Å². The van der Waals surface area contributed by atoms with Gasteiger partial charge >= 0.3 is 11.0 Å². The maximum atomic E-state index is 12.6. The fraction of sp³-hybridized carbons (Fsp3) is 0.333. The number of amides is 2. The van der Waals surface area contributed by atoms with E-state index in [1.165, 1.54) is 18.2 Å². The predicted octanol–water partition coefficient (Wildman–Crippen LogP) is 3.75. The third kappa shape index (κ3) is 6.35. The number of anilines is 2. The average molecular weight is 420 g/mol. The molecular weight excluding hydrogens is 400 g/mol. The third-order valence-electron chi connectivity index (χ3n) is 3.56. The zero-order valence-electron chi connectivity index (χ0n) is 15.9. The molecule has 0 bridgehead atoms. The molecule has 0 spiro atoms. The molecule has 2 rings (SSSR count). The maximum Gasteiger partial charge on any atom is 0.345 e. The molecule has 0 unspecified atom stereocenters. The first-order valence-electron chi connectivity index (χ1n) is 8.90. The molecule has 0 saturated heterocycles. The lowest BCUT2D eigenvalue weighted by atomic mass is 10.1. The van der Waals surface area contributed by atoms with E-state index < -0.39 is 16.8 Å². The quantitative estimate of drug-likeness (QED) is 0.272. The van der Waals surface area contributed by atoms with Gasteiger partial charge in [0.05, 0.1) is 10.5 Å². The number of aromatic nitrogens is 1. The van der Waals surface area contributed by atoms with Crippen molar-refractivity contribution < 1.29 is 24.0 Å². The van der Waals surface area contributed by atoms with Crippen LogP contribution in [0.2, 0.25) is 0 Å². The fourth-order valence-electron chi connectivity index (χ4n) is 2.27. The molecule has 2 amide bonds. The lowest BCUT2D eigenvalue weighted by molar-refractivity contribution is -0.380. The van der Waals surface area contributed by atoms with Crippen LogP contribution in [0.25, 0.3) is 0 Å². The molecule has 2 N–H and O–H groups in total. The normalized spacial score (nSPS) is 10.3. The van der Waals surface area contributed by atoms with Crippen LogP contribution >= 0.6 is 11.3 Å². The van der Waals surface area contributed by atoms with Gasteiger partial charge in [0.25, 0.3) is 5.91 Å². The summed E-state index contributed by atoms with van der Waals surface area (Å²) >= 11 is 0.702. The van der Waals surface area contributed by atoms with Gasteiger partial charge in [-0.2, -0.15) is 0 Å². The number of carbonyl (C=O) groups excluding carboxylic acids is 3. The molecule has 2 aromatic rings. The van der Waals surface area contributed by atoms with E-state index in [9.17, 15) is 24.5 Å². The molecule has 0 atom stereocenters. The molecule has 10 nitrogen and oxygen atoms in total. The smallest absolute Gasteiger partial charge is 0.345 e. The van der Waals surface area contributed by atoms with Gasteiger partial charge in [-0.15, -0.1) is 0 Å². The van der Waals surface area contributed by atoms with Gasteiger partial charge in [0.2, 0.25) is 5.91 Å². The Morgan fingerprint density at radius 1 is 1.17 bits per heavy atom. The van der Waals surface area contributed by atoms with Gasteiger partial charge in [-0.25, -0.2) is 4.98 Å². The number of nitrogens with zero attached hydrogens (tertiary/aromatic N) is 2. The zero-order chi connectivity index (χ0) is 21.4. The summed E-state index contributed by atoms with van der Waals surface area (Å²) in [6, 6.07) is 4.29. The summed E-state index contributed by atoms with van der Waals surface area (Å²) in [7, 11) is 0. The average Bonchev–Trinajstić information content (AvgIpc) is 3.11. The largest absolute Gasteiger partial charge is 0.426 e. The monoisotopic (exact) mass is 420 g/mol. The molecule has 0 radical (unpaired) electrons. The fourth-order valence-corrected chi connectivity index (χ4v) is 2.90. The Morgan fingerprint density at radius 2 is 1.90 bits per heavy atom. The molecule has 0 fully saturated rings. The van der Waals surface area contributed by atoms with Gasteiger partial charge < -0.3 is 10.1 Å². The molecule has 1 aromatic heterocycles. The number of thiazole rings is 1. The number of hydrogen-bond donors (Lipinski definition) is 2. The first-order chi connectivity index (χ1) is 13.8. The molecule has 1 aromatic carbocycles. The maximum absolute atomic E-state index is 12.6. The van der Waals surface area contributed by atoms with Crippen LogP contribution in [-0.2, 0) is 9.59 Å². The first-order valence-corrected chi connectivity index (χ1v) is 9.71. The highest BCUT2D eigenvalue weighted by Crippen LogP contribution is 2.28. The van der Waals surface area contributed by atoms with E-state index in [2.05, 4.69) is 15.6 Å². The standard InChI is InChI=1S/C18H20N4O6S/c1-3-5-14(23)20-11-7-8-12(13(9-11)28-16(24)6-4-2)17(25)21-18-19-10-15(29-18)22(26)27/h7-10H,3-6H2,1-2H3,(H,20,23)(H,19,21,25). The summed E-state index contributed by atoms with van der Waals surface area (Å²) in [5, 5.41) is 15.7. The number of carbonyl (C=O) groups is 3. The van der Waals surface area contributed by atoms with E-state index in [1.54, 1.807) is 0 Å². The molecular formula is C18H20N4O6S. The minimum Gasteiger partial charge on any atom is -0.426 e. The van der Waals surface area contributed by atoms with E-state index in [0.717, 1.165) is 6.20 Å². The summed E-state index contributed by atoms with van der Waals surface area (Å²) in [5.74, 6) is -1.41. The summed E-state index contributed by atoms with van der Waals surface area (Å²) in [5.41, 5.74) is 0.407. The molecule has 0 aliphatic rings. The number of rotatable bonds is 9. The number of benzene rings is 1. The van der Waals surface area contributed by atoms with E-state index >= 15 is 0 Å². The van der Waals surface area contributed by atoms with E-state index in [1.807, 2.05) is 13.8 Å². The molecule has 11 heteroatoms. The molecule has 0 aliphatic heterocycles. The highest BCUT2D eigenvalue weighted by atomic mass is 32.1. The van der Waals surface area contributed by atoms with Gasteiger partial charge in [0, 0.05) is 24.6 Å². The lowest BCUT2D eigenvalue weighted by Crippen LogP contribution is -2.17. The van der Waals surface area contributed by atoms with Crippen LogP contribution in [0.4, 0.5) is 15.8 Å². The van der Waals surface area contributed by atoms with Crippen molar-refractivity contribution in [1.82, 2.24) is 4.98 Å². The summed E-state index contributed by atoms with van der Waals surface area (Å²) in [6.45, 7) is 3.68. The number of ether oxygens (including phenoxy) is 1. The van der Waals surface area contributed by atoms with Gasteiger partial charge in [-0.1, -0.05) is 13.8 Å². The van der Waals surface area contributed by atoms with Crippen LogP contribution in [0.15, 0.2) is 24.4 Å². The van der Waals surface area contributed by atoms with Crippen molar-refractivity contribution in [2.24, 2.45) is 0 Å². The van der Waals surface area contributed by atoms with Crippen molar-refractivity contribution in [3.05, 3.63) is 40.1 Å². The van der Waals surface area contributed by atoms with Gasteiger partial charge in [-0.05, 0) is 36.3 Å². The summed E-state index contributed by atoms with van der Waals surface area (Å²) in [4.78, 5) is 50.3. The van der Waals surface area contributed by atoms with Crippen molar-refractivity contribution in [3.63, 3.8) is 0 Å². The third-order valence-corrected chi connectivity index (χ3v) is 4.42.